The van der Waals surface area contributed by atoms with E-state index in [9.17, 15) is 0 Å². The molecule has 2 nitrogen and oxygen atoms in total. The van der Waals surface area contributed by atoms with E-state index >= 15 is 0 Å². The minimum Gasteiger partial charge on any atom is -0.494 e. The lowest BCUT2D eigenvalue weighted by atomic mass is 10.0. The molecule has 0 radical (unpaired) electrons. The van der Waals surface area contributed by atoms with Gasteiger partial charge >= 0.3 is 0 Å². The summed E-state index contributed by atoms with van der Waals surface area (Å²) in [5, 5.41) is 3.68. The Bertz CT molecular complexity index is 364. The third-order valence-corrected chi connectivity index (χ3v) is 3.84. The van der Waals surface area contributed by atoms with Crippen LogP contribution in [0.3, 0.4) is 0 Å². The van der Waals surface area contributed by atoms with Crippen LogP contribution in [0.1, 0.15) is 46.0 Å². The van der Waals surface area contributed by atoms with E-state index < -0.39 is 0 Å². The van der Waals surface area contributed by atoms with Gasteiger partial charge in [-0.3, -0.25) is 0 Å². The number of benzene rings is 1. The maximum atomic E-state index is 5.67. The van der Waals surface area contributed by atoms with Gasteiger partial charge in [0.1, 0.15) is 5.75 Å². The third kappa shape index (κ3) is 3.41. The van der Waals surface area contributed by atoms with Crippen LogP contribution in [0, 0.1) is 5.92 Å². The fourth-order valence-corrected chi connectivity index (χ4v) is 2.83. The zero-order valence-electron chi connectivity index (χ0n) is 11.6. The van der Waals surface area contributed by atoms with E-state index in [0.717, 1.165) is 24.7 Å². The van der Waals surface area contributed by atoms with Crippen molar-refractivity contribution in [3.05, 3.63) is 24.3 Å². The summed E-state index contributed by atoms with van der Waals surface area (Å²) in [5.74, 6) is 1.82. The molecule has 1 fully saturated rings. The van der Waals surface area contributed by atoms with Gasteiger partial charge in [-0.1, -0.05) is 32.8 Å². The van der Waals surface area contributed by atoms with Gasteiger partial charge in [0, 0.05) is 17.8 Å². The Hall–Kier alpha value is -1.18. The first-order valence-electron chi connectivity index (χ1n) is 7.33. The molecule has 100 valence electrons. The van der Waals surface area contributed by atoms with Crippen molar-refractivity contribution in [2.75, 3.05) is 11.9 Å². The molecule has 2 rings (SSSR count). The molecular formula is C16H25NO. The fourth-order valence-electron chi connectivity index (χ4n) is 2.83. The number of nitrogens with one attached hydrogen (secondary N) is 1. The van der Waals surface area contributed by atoms with Crippen LogP contribution in [0.2, 0.25) is 0 Å². The predicted molar refractivity (Wildman–Crippen MR) is 77.3 cm³/mol. The zero-order valence-corrected chi connectivity index (χ0v) is 11.6. The number of anilines is 1. The second-order valence-corrected chi connectivity index (χ2v) is 5.23. The quantitative estimate of drug-likeness (QED) is 0.801. The molecular weight excluding hydrogens is 222 g/mol. The lowest BCUT2D eigenvalue weighted by Gasteiger charge is -2.21. The number of rotatable bonds is 6. The predicted octanol–water partition coefficient (Wildman–Crippen LogP) is 4.47. The maximum absolute atomic E-state index is 5.67. The first kappa shape index (κ1) is 13.3. The monoisotopic (exact) mass is 247 g/mol. The van der Waals surface area contributed by atoms with Crippen LogP contribution in [-0.2, 0) is 0 Å². The smallest absolute Gasteiger partial charge is 0.121 e. The van der Waals surface area contributed by atoms with Crippen molar-refractivity contribution in [3.8, 4) is 5.75 Å². The Morgan fingerprint density at radius 1 is 1.28 bits per heavy atom. The summed E-state index contributed by atoms with van der Waals surface area (Å²) in [6.07, 6.45) is 6.38. The first-order valence-corrected chi connectivity index (χ1v) is 7.33. The number of ether oxygens (including phenoxy) is 1. The standard InChI is InChI=1S/C16H25NO/c1-3-11-18-15-9-6-8-14(12-15)17-16-10-5-7-13(16)4-2/h6,8-9,12-13,16-17H,3-5,7,10-11H2,1-2H3. The van der Waals surface area contributed by atoms with Crippen LogP contribution in [0.4, 0.5) is 5.69 Å². The summed E-state index contributed by atoms with van der Waals surface area (Å²) in [4.78, 5) is 0. The van der Waals surface area contributed by atoms with Gasteiger partial charge in [-0.2, -0.15) is 0 Å². The molecule has 2 atom stereocenters. The van der Waals surface area contributed by atoms with Crippen molar-refractivity contribution in [1.82, 2.24) is 0 Å². The highest BCUT2D eigenvalue weighted by Gasteiger charge is 2.25. The van der Waals surface area contributed by atoms with E-state index in [1.165, 1.54) is 31.4 Å². The Morgan fingerprint density at radius 2 is 2.17 bits per heavy atom. The fraction of sp³-hybridized carbons (Fsp3) is 0.625. The SMILES string of the molecule is CCCOc1cccc(NC2CCCC2CC)c1. The molecule has 18 heavy (non-hydrogen) atoms. The zero-order chi connectivity index (χ0) is 12.8. The van der Waals surface area contributed by atoms with E-state index in [0.29, 0.717) is 6.04 Å². The van der Waals surface area contributed by atoms with Crippen molar-refractivity contribution in [3.63, 3.8) is 0 Å². The Morgan fingerprint density at radius 3 is 2.94 bits per heavy atom. The normalized spacial score (nSPS) is 23.0. The van der Waals surface area contributed by atoms with E-state index in [1.54, 1.807) is 0 Å². The van der Waals surface area contributed by atoms with Gasteiger partial charge in [0.05, 0.1) is 6.61 Å². The average molecular weight is 247 g/mol. The molecule has 0 aromatic heterocycles. The van der Waals surface area contributed by atoms with E-state index in [1.807, 2.05) is 6.07 Å². The minimum atomic E-state index is 0.649. The molecule has 0 bridgehead atoms. The van der Waals surface area contributed by atoms with Crippen molar-refractivity contribution in [2.45, 2.75) is 52.0 Å². The Labute approximate surface area is 111 Å². The lowest BCUT2D eigenvalue weighted by Crippen LogP contribution is -2.23. The maximum Gasteiger partial charge on any atom is 0.121 e. The first-order chi connectivity index (χ1) is 8.83. The summed E-state index contributed by atoms with van der Waals surface area (Å²) >= 11 is 0. The highest BCUT2D eigenvalue weighted by atomic mass is 16.5. The van der Waals surface area contributed by atoms with E-state index in [2.05, 4.69) is 37.4 Å². The largest absolute Gasteiger partial charge is 0.494 e. The Balaban J connectivity index is 1.96. The summed E-state index contributed by atoms with van der Waals surface area (Å²) in [5.41, 5.74) is 1.20. The van der Waals surface area contributed by atoms with Crippen molar-refractivity contribution in [1.29, 1.82) is 0 Å². The number of hydrogen-bond acceptors (Lipinski definition) is 2. The van der Waals surface area contributed by atoms with Gasteiger partial charge in [0.15, 0.2) is 0 Å². The van der Waals surface area contributed by atoms with E-state index in [-0.39, 0.29) is 0 Å². The van der Waals surface area contributed by atoms with Gasteiger partial charge in [-0.05, 0) is 37.3 Å². The molecule has 2 heteroatoms. The molecule has 1 aromatic rings. The summed E-state index contributed by atoms with van der Waals surface area (Å²) in [7, 11) is 0. The topological polar surface area (TPSA) is 21.3 Å². The third-order valence-electron chi connectivity index (χ3n) is 3.84. The molecule has 1 aliphatic rings. The molecule has 1 N–H and O–H groups in total. The van der Waals surface area contributed by atoms with Gasteiger partial charge in [0.25, 0.3) is 0 Å². The molecule has 0 aliphatic heterocycles. The highest BCUT2D eigenvalue weighted by Crippen LogP contribution is 2.31. The summed E-state index contributed by atoms with van der Waals surface area (Å²) < 4.78 is 5.67. The van der Waals surface area contributed by atoms with Gasteiger partial charge in [-0.15, -0.1) is 0 Å². The molecule has 0 amide bonds. The van der Waals surface area contributed by atoms with Crippen LogP contribution in [-0.4, -0.2) is 12.6 Å². The van der Waals surface area contributed by atoms with Crippen molar-refractivity contribution >= 4 is 5.69 Å². The Kier molecular flexibility index (Phi) is 4.91. The highest BCUT2D eigenvalue weighted by molar-refractivity contribution is 5.49. The molecule has 0 spiro atoms. The molecule has 1 saturated carbocycles. The van der Waals surface area contributed by atoms with Crippen molar-refractivity contribution < 1.29 is 4.74 Å². The van der Waals surface area contributed by atoms with Crippen LogP contribution in [0.5, 0.6) is 5.75 Å². The van der Waals surface area contributed by atoms with Crippen LogP contribution >= 0.6 is 0 Å². The second kappa shape index (κ2) is 6.67. The summed E-state index contributed by atoms with van der Waals surface area (Å²) in [6, 6.07) is 9.03. The minimum absolute atomic E-state index is 0.649. The van der Waals surface area contributed by atoms with Gasteiger partial charge in [0.2, 0.25) is 0 Å². The molecule has 0 heterocycles. The van der Waals surface area contributed by atoms with Gasteiger partial charge in [-0.25, -0.2) is 0 Å². The molecule has 1 aliphatic carbocycles. The average Bonchev–Trinajstić information content (AvgIpc) is 2.84. The molecule has 2 unspecified atom stereocenters. The second-order valence-electron chi connectivity index (χ2n) is 5.23. The summed E-state index contributed by atoms with van der Waals surface area (Å²) in [6.45, 7) is 5.22. The van der Waals surface area contributed by atoms with Crippen LogP contribution in [0.15, 0.2) is 24.3 Å². The number of hydrogen-bond donors (Lipinski definition) is 1. The van der Waals surface area contributed by atoms with Crippen molar-refractivity contribution in [2.24, 2.45) is 5.92 Å². The molecule has 0 saturated heterocycles. The van der Waals surface area contributed by atoms with Crippen LogP contribution < -0.4 is 10.1 Å². The van der Waals surface area contributed by atoms with Gasteiger partial charge < -0.3 is 10.1 Å². The van der Waals surface area contributed by atoms with E-state index in [4.69, 9.17) is 4.74 Å². The molecule has 1 aromatic carbocycles. The lowest BCUT2D eigenvalue weighted by molar-refractivity contribution is 0.317. The van der Waals surface area contributed by atoms with Crippen LogP contribution in [0.25, 0.3) is 0 Å².